The Morgan fingerprint density at radius 2 is 1.51 bits per heavy atom. The second-order valence-corrected chi connectivity index (χ2v) is 8.76. The van der Waals surface area contributed by atoms with Gasteiger partial charge in [-0.15, -0.1) is 0 Å². The van der Waals surface area contributed by atoms with Gasteiger partial charge in [-0.05, 0) is 32.8 Å². The molecule has 9 nitrogen and oxygen atoms in total. The highest BCUT2D eigenvalue weighted by Crippen LogP contribution is 2.42. The lowest BCUT2D eigenvalue weighted by Crippen LogP contribution is -2.29. The van der Waals surface area contributed by atoms with E-state index in [0.29, 0.717) is 48.9 Å². The maximum Gasteiger partial charge on any atom is 0.172 e. The second kappa shape index (κ2) is 13.9. The minimum Gasteiger partial charge on any atom is -0.493 e. The van der Waals surface area contributed by atoms with Crippen LogP contribution in [0.3, 0.4) is 0 Å². The number of benzene rings is 1. The van der Waals surface area contributed by atoms with Crippen molar-refractivity contribution in [1.82, 2.24) is 0 Å². The van der Waals surface area contributed by atoms with Crippen LogP contribution in [0.15, 0.2) is 40.7 Å². The quantitative estimate of drug-likeness (QED) is 0.379. The third-order valence-corrected chi connectivity index (χ3v) is 5.60. The number of anilines is 1. The summed E-state index contributed by atoms with van der Waals surface area (Å²) in [6, 6.07) is 9.35. The third kappa shape index (κ3) is 7.05. The molecule has 0 spiro atoms. The van der Waals surface area contributed by atoms with Crippen molar-refractivity contribution in [2.75, 3.05) is 44.4 Å². The maximum atomic E-state index is 9.85. The van der Waals surface area contributed by atoms with Crippen LogP contribution in [-0.2, 0) is 4.74 Å². The smallest absolute Gasteiger partial charge is 0.172 e. The Morgan fingerprint density at radius 1 is 0.973 bits per heavy atom. The van der Waals surface area contributed by atoms with Gasteiger partial charge in [0, 0.05) is 36.5 Å². The fraction of sp³-hybridized carbons (Fsp3) is 0.464. The Bertz CT molecular complexity index is 1130. The third-order valence-electron chi connectivity index (χ3n) is 5.60. The maximum absolute atomic E-state index is 9.85. The largest absolute Gasteiger partial charge is 0.493 e. The van der Waals surface area contributed by atoms with Crippen LogP contribution in [0.25, 0.3) is 6.08 Å². The van der Waals surface area contributed by atoms with E-state index in [1.165, 1.54) is 0 Å². The highest BCUT2D eigenvalue weighted by Gasteiger charge is 2.38. The fourth-order valence-electron chi connectivity index (χ4n) is 3.86. The highest BCUT2D eigenvalue weighted by molar-refractivity contribution is 5.73. The van der Waals surface area contributed by atoms with E-state index in [1.807, 2.05) is 30.9 Å². The molecule has 0 amide bonds. The number of nitrogens with zero attached hydrogens (tertiary/aromatic N) is 4. The molecule has 0 saturated carbocycles. The minimum atomic E-state index is -0.955. The molecule has 0 bridgehead atoms. The Balaban J connectivity index is 2.74. The summed E-state index contributed by atoms with van der Waals surface area (Å²) >= 11 is 0. The summed E-state index contributed by atoms with van der Waals surface area (Å²) in [4.78, 5) is 1.84. The van der Waals surface area contributed by atoms with Crippen molar-refractivity contribution < 1.29 is 24.4 Å². The van der Waals surface area contributed by atoms with Gasteiger partial charge in [0.05, 0.1) is 32.0 Å². The Morgan fingerprint density at radius 3 is 1.95 bits per heavy atom. The summed E-state index contributed by atoms with van der Waals surface area (Å²) in [5, 5.41) is 47.5. The first-order valence-corrected chi connectivity index (χ1v) is 12.3. The van der Waals surface area contributed by atoms with E-state index in [0.717, 1.165) is 18.5 Å². The number of hydrogen-bond acceptors (Lipinski definition) is 9. The Hall–Kier alpha value is -3.97. The van der Waals surface area contributed by atoms with Gasteiger partial charge in [0.25, 0.3) is 0 Å². The number of hydrogen-bond donors (Lipinski definition) is 2. The van der Waals surface area contributed by atoms with Crippen LogP contribution in [0, 0.1) is 34.0 Å². The monoisotopic (exact) mass is 506 g/mol. The molecule has 0 radical (unpaired) electrons. The zero-order valence-electron chi connectivity index (χ0n) is 21.9. The molecular formula is C28H34N4O5. The van der Waals surface area contributed by atoms with Crippen molar-refractivity contribution in [1.29, 1.82) is 15.8 Å². The molecule has 2 N–H and O–H groups in total. The van der Waals surface area contributed by atoms with Gasteiger partial charge in [0.1, 0.15) is 40.9 Å². The molecule has 1 aromatic carbocycles. The zero-order valence-corrected chi connectivity index (χ0v) is 21.9. The van der Waals surface area contributed by atoms with E-state index in [-0.39, 0.29) is 30.1 Å². The predicted octanol–water partition coefficient (Wildman–Crippen LogP) is 4.00. The van der Waals surface area contributed by atoms with Crippen LogP contribution in [-0.4, -0.2) is 55.3 Å². The average molecular weight is 507 g/mol. The summed E-state index contributed by atoms with van der Waals surface area (Å²) in [6.07, 6.45) is 5.06. The van der Waals surface area contributed by atoms with Gasteiger partial charge in [-0.3, -0.25) is 0 Å². The topological polar surface area (TPSA) is 143 Å². The summed E-state index contributed by atoms with van der Waals surface area (Å²) in [6.45, 7) is 8.92. The summed E-state index contributed by atoms with van der Waals surface area (Å²) in [5.41, 5.74) is 0.810. The summed E-state index contributed by atoms with van der Waals surface area (Å²) < 4.78 is 18.0. The second-order valence-electron chi connectivity index (χ2n) is 8.76. The van der Waals surface area contributed by atoms with Crippen molar-refractivity contribution in [2.24, 2.45) is 0 Å². The molecule has 0 aromatic heterocycles. The molecule has 0 aliphatic carbocycles. The SMILES string of the molecule is CCCOc1cc(N(CCO)CCO)cc(OCCC)c1/C=C/C1=C(C#N)C(=C(C#N)C#N)OC1(C)C. The van der Waals surface area contributed by atoms with Gasteiger partial charge in [-0.25, -0.2) is 0 Å². The van der Waals surface area contributed by atoms with Crippen LogP contribution in [0.4, 0.5) is 5.69 Å². The molecule has 37 heavy (non-hydrogen) atoms. The first-order chi connectivity index (χ1) is 17.8. The van der Waals surface area contributed by atoms with Crippen LogP contribution in [0.1, 0.15) is 46.1 Å². The number of nitriles is 3. The van der Waals surface area contributed by atoms with E-state index < -0.39 is 5.60 Å². The molecule has 196 valence electrons. The number of aliphatic hydroxyl groups excluding tert-OH is 2. The minimum absolute atomic E-state index is 0.0268. The van der Waals surface area contributed by atoms with Crippen molar-refractivity contribution in [3.8, 4) is 29.7 Å². The zero-order chi connectivity index (χ0) is 27.4. The summed E-state index contributed by atoms with van der Waals surface area (Å²) in [5.74, 6) is 1.06. The van der Waals surface area contributed by atoms with Crippen molar-refractivity contribution >= 4 is 11.8 Å². The van der Waals surface area contributed by atoms with Gasteiger partial charge in [-0.1, -0.05) is 19.9 Å². The van der Waals surface area contributed by atoms with Crippen molar-refractivity contribution in [3.05, 3.63) is 46.3 Å². The molecule has 1 aromatic rings. The molecule has 1 aliphatic rings. The normalized spacial score (nSPS) is 14.1. The van der Waals surface area contributed by atoms with Crippen LogP contribution < -0.4 is 14.4 Å². The van der Waals surface area contributed by atoms with Crippen molar-refractivity contribution in [2.45, 2.75) is 46.1 Å². The van der Waals surface area contributed by atoms with Gasteiger partial charge >= 0.3 is 0 Å². The number of ether oxygens (including phenoxy) is 3. The van der Waals surface area contributed by atoms with Gasteiger partial charge in [0.15, 0.2) is 11.3 Å². The molecule has 1 aliphatic heterocycles. The van der Waals surface area contributed by atoms with Crippen molar-refractivity contribution in [3.63, 3.8) is 0 Å². The molecule has 1 heterocycles. The van der Waals surface area contributed by atoms with Gasteiger partial charge in [0.2, 0.25) is 0 Å². The highest BCUT2D eigenvalue weighted by atomic mass is 16.5. The van der Waals surface area contributed by atoms with E-state index in [4.69, 9.17) is 14.2 Å². The molecule has 9 heteroatoms. The van der Waals surface area contributed by atoms with Crippen LogP contribution in [0.5, 0.6) is 11.5 Å². The standard InChI is InChI=1S/C28H34N4O5/c1-5-13-35-25-15-21(32(9-11-33)10-12-34)16-26(36-14-6-2)22(25)7-8-24-23(19-31)27(20(17-29)18-30)37-28(24,3)4/h7-8,15-16,33-34H,5-6,9-14H2,1-4H3/b8-7+. The lowest BCUT2D eigenvalue weighted by atomic mass is 9.94. The average Bonchev–Trinajstić information content (AvgIpc) is 3.14. The number of allylic oxidation sites excluding steroid dienone is 2. The molecule has 0 saturated heterocycles. The molecule has 0 unspecified atom stereocenters. The van der Waals surface area contributed by atoms with E-state index >= 15 is 0 Å². The Labute approximate surface area is 218 Å². The van der Waals surface area contributed by atoms with E-state index in [9.17, 15) is 26.0 Å². The molecule has 2 rings (SSSR count). The van der Waals surface area contributed by atoms with Gasteiger partial charge in [-0.2, -0.15) is 15.8 Å². The number of aliphatic hydroxyl groups is 2. The lowest BCUT2D eigenvalue weighted by molar-refractivity contribution is 0.0954. The van der Waals surface area contributed by atoms with E-state index in [2.05, 4.69) is 6.07 Å². The molecular weight excluding hydrogens is 472 g/mol. The lowest BCUT2D eigenvalue weighted by Gasteiger charge is -2.25. The van der Waals surface area contributed by atoms with Gasteiger partial charge < -0.3 is 29.3 Å². The fourth-order valence-corrected chi connectivity index (χ4v) is 3.86. The summed E-state index contributed by atoms with van der Waals surface area (Å²) in [7, 11) is 0. The van der Waals surface area contributed by atoms with Crippen LogP contribution in [0.2, 0.25) is 0 Å². The molecule has 0 fully saturated rings. The first kappa shape index (κ1) is 29.3. The first-order valence-electron chi connectivity index (χ1n) is 12.3. The Kier molecular flexibility index (Phi) is 11.0. The van der Waals surface area contributed by atoms with Crippen LogP contribution >= 0.6 is 0 Å². The molecule has 0 atom stereocenters. The predicted molar refractivity (Wildman–Crippen MR) is 139 cm³/mol. The van der Waals surface area contributed by atoms with E-state index in [1.54, 1.807) is 38.1 Å². The number of rotatable bonds is 13.